The third-order valence-corrected chi connectivity index (χ3v) is 6.29. The van der Waals surface area contributed by atoms with Gasteiger partial charge in [0.25, 0.3) is 5.91 Å². The highest BCUT2D eigenvalue weighted by Gasteiger charge is 2.39. The zero-order valence-electron chi connectivity index (χ0n) is 17.6. The van der Waals surface area contributed by atoms with Gasteiger partial charge in [-0.1, -0.05) is 30.7 Å². The van der Waals surface area contributed by atoms with Gasteiger partial charge in [-0.25, -0.2) is 4.39 Å². The molecule has 2 atom stereocenters. The van der Waals surface area contributed by atoms with Crippen molar-refractivity contribution >= 4 is 17.5 Å². The summed E-state index contributed by atoms with van der Waals surface area (Å²) in [5, 5.41) is 5.85. The number of nitrogens with zero attached hydrogens (tertiary/aromatic N) is 1. The molecule has 0 aliphatic carbocycles. The van der Waals surface area contributed by atoms with Crippen molar-refractivity contribution in [3.8, 4) is 5.75 Å². The molecule has 31 heavy (non-hydrogen) atoms. The molecule has 0 spiro atoms. The van der Waals surface area contributed by atoms with Crippen LogP contribution in [0.25, 0.3) is 0 Å². The molecule has 2 bridgehead atoms. The number of methoxy groups -OCH3 is 1. The van der Waals surface area contributed by atoms with E-state index >= 15 is 0 Å². The second-order valence-corrected chi connectivity index (χ2v) is 8.28. The summed E-state index contributed by atoms with van der Waals surface area (Å²) in [6.45, 7) is 0.233. The van der Waals surface area contributed by atoms with Crippen molar-refractivity contribution in [1.29, 1.82) is 0 Å². The molecule has 0 radical (unpaired) electrons. The van der Waals surface area contributed by atoms with Crippen LogP contribution in [0.2, 0.25) is 0 Å². The predicted molar refractivity (Wildman–Crippen MR) is 117 cm³/mol. The summed E-state index contributed by atoms with van der Waals surface area (Å²) in [7, 11) is 1.56. The lowest BCUT2D eigenvalue weighted by Gasteiger charge is -2.48. The molecule has 2 unspecified atom stereocenters. The zero-order valence-corrected chi connectivity index (χ0v) is 17.6. The number of carbonyl (C=O) groups is 2. The molecule has 6 nitrogen and oxygen atoms in total. The number of hydrogen-bond acceptors (Lipinski definition) is 4. The first-order chi connectivity index (χ1) is 15.0. The maximum absolute atomic E-state index is 13.8. The zero-order chi connectivity index (χ0) is 21.8. The van der Waals surface area contributed by atoms with Gasteiger partial charge >= 0.3 is 0 Å². The van der Waals surface area contributed by atoms with Gasteiger partial charge in [0.15, 0.2) is 0 Å². The smallest absolute Gasteiger partial charge is 0.255 e. The standard InChI is InChI=1S/C24H28FN3O3/c1-31-22-12-5-2-9-19(22)24(30)26-16-13-17-7-6-8-18(14-16)28(17)15-23(29)27-21-11-4-3-10-20(21)25/h2-5,9-12,16-18H,6-8,13-15H2,1H3,(H,26,30)(H,27,29). The summed E-state index contributed by atoms with van der Waals surface area (Å²) in [6, 6.07) is 13.9. The number of fused-ring (bicyclic) bond motifs is 2. The average molecular weight is 426 g/mol. The largest absolute Gasteiger partial charge is 0.496 e. The van der Waals surface area contributed by atoms with Gasteiger partial charge in [-0.3, -0.25) is 14.5 Å². The van der Waals surface area contributed by atoms with Gasteiger partial charge in [0.1, 0.15) is 11.6 Å². The third-order valence-electron chi connectivity index (χ3n) is 6.29. The second kappa shape index (κ2) is 9.47. The van der Waals surface area contributed by atoms with Crippen molar-refractivity contribution in [3.63, 3.8) is 0 Å². The fourth-order valence-electron chi connectivity index (χ4n) is 4.87. The number of carbonyl (C=O) groups excluding carboxylic acids is 2. The Kier molecular flexibility index (Phi) is 6.51. The van der Waals surface area contributed by atoms with E-state index in [-0.39, 0.29) is 42.2 Å². The molecule has 2 aromatic rings. The molecular weight excluding hydrogens is 397 g/mol. The van der Waals surface area contributed by atoms with Crippen LogP contribution in [0, 0.1) is 5.82 Å². The number of ether oxygens (including phenoxy) is 1. The summed E-state index contributed by atoms with van der Waals surface area (Å²) in [5.74, 6) is -0.221. The Labute approximate surface area is 181 Å². The molecule has 7 heteroatoms. The lowest BCUT2D eigenvalue weighted by Crippen LogP contribution is -2.58. The average Bonchev–Trinajstić information content (AvgIpc) is 2.75. The highest BCUT2D eigenvalue weighted by molar-refractivity contribution is 5.97. The Morgan fingerprint density at radius 3 is 2.45 bits per heavy atom. The van der Waals surface area contributed by atoms with Crippen molar-refractivity contribution in [2.24, 2.45) is 0 Å². The minimum absolute atomic E-state index is 0.0543. The first kappa shape index (κ1) is 21.3. The molecular formula is C24H28FN3O3. The number of halogens is 1. The van der Waals surface area contributed by atoms with Crippen molar-refractivity contribution in [2.75, 3.05) is 19.0 Å². The number of benzene rings is 2. The maximum atomic E-state index is 13.8. The van der Waals surface area contributed by atoms with E-state index in [2.05, 4.69) is 15.5 Å². The van der Waals surface area contributed by atoms with Crippen LogP contribution < -0.4 is 15.4 Å². The van der Waals surface area contributed by atoms with Crippen LogP contribution in [-0.2, 0) is 4.79 Å². The molecule has 0 saturated carbocycles. The molecule has 2 fully saturated rings. The van der Waals surface area contributed by atoms with Crippen LogP contribution in [0.1, 0.15) is 42.5 Å². The number of para-hydroxylation sites is 2. The van der Waals surface area contributed by atoms with E-state index in [0.29, 0.717) is 11.3 Å². The third kappa shape index (κ3) is 4.88. The Morgan fingerprint density at radius 1 is 1.06 bits per heavy atom. The highest BCUT2D eigenvalue weighted by atomic mass is 19.1. The number of amides is 2. The number of piperidine rings is 2. The molecule has 2 aromatic carbocycles. The van der Waals surface area contributed by atoms with Crippen molar-refractivity contribution < 1.29 is 18.7 Å². The topological polar surface area (TPSA) is 70.7 Å². The number of hydrogen-bond donors (Lipinski definition) is 2. The summed E-state index contributed by atoms with van der Waals surface area (Å²) < 4.78 is 19.2. The fourth-order valence-corrected chi connectivity index (χ4v) is 4.87. The SMILES string of the molecule is COc1ccccc1C(=O)NC1CC2CCCC(C1)N2CC(=O)Nc1ccccc1F. The lowest BCUT2D eigenvalue weighted by atomic mass is 9.81. The molecule has 2 heterocycles. The number of rotatable bonds is 6. The molecule has 0 aromatic heterocycles. The summed E-state index contributed by atoms with van der Waals surface area (Å²) >= 11 is 0. The van der Waals surface area contributed by atoms with Crippen molar-refractivity contribution in [2.45, 2.75) is 50.2 Å². The Bertz CT molecular complexity index is 937. The van der Waals surface area contributed by atoms with Crippen LogP contribution in [0.4, 0.5) is 10.1 Å². The Morgan fingerprint density at radius 2 is 1.74 bits per heavy atom. The first-order valence-electron chi connectivity index (χ1n) is 10.8. The highest BCUT2D eigenvalue weighted by Crippen LogP contribution is 2.34. The molecule has 2 amide bonds. The van der Waals surface area contributed by atoms with Gasteiger partial charge in [0.05, 0.1) is 24.9 Å². The van der Waals surface area contributed by atoms with Gasteiger partial charge < -0.3 is 15.4 Å². The van der Waals surface area contributed by atoms with E-state index in [9.17, 15) is 14.0 Å². The molecule has 2 aliphatic rings. The summed E-state index contributed by atoms with van der Waals surface area (Å²) in [5.41, 5.74) is 0.735. The lowest BCUT2D eigenvalue weighted by molar-refractivity contribution is -0.120. The van der Waals surface area contributed by atoms with E-state index in [1.807, 2.05) is 12.1 Å². The van der Waals surface area contributed by atoms with Crippen LogP contribution in [-0.4, -0.2) is 48.5 Å². The molecule has 2 saturated heterocycles. The Balaban J connectivity index is 1.38. The predicted octanol–water partition coefficient (Wildman–Crippen LogP) is 3.59. The van der Waals surface area contributed by atoms with E-state index in [1.54, 1.807) is 37.4 Å². The minimum atomic E-state index is -0.436. The van der Waals surface area contributed by atoms with Crippen LogP contribution in [0.3, 0.4) is 0 Å². The second-order valence-electron chi connectivity index (χ2n) is 8.28. The molecule has 2 N–H and O–H groups in total. The van der Waals surface area contributed by atoms with Gasteiger partial charge in [0, 0.05) is 18.1 Å². The maximum Gasteiger partial charge on any atom is 0.255 e. The van der Waals surface area contributed by atoms with Crippen molar-refractivity contribution in [3.05, 3.63) is 59.9 Å². The minimum Gasteiger partial charge on any atom is -0.496 e. The summed E-state index contributed by atoms with van der Waals surface area (Å²) in [6.07, 6.45) is 4.69. The van der Waals surface area contributed by atoms with Gasteiger partial charge in [-0.05, 0) is 49.9 Å². The normalized spacial score (nSPS) is 23.1. The quantitative estimate of drug-likeness (QED) is 0.742. The summed E-state index contributed by atoms with van der Waals surface area (Å²) in [4.78, 5) is 27.6. The number of anilines is 1. The van der Waals surface area contributed by atoms with E-state index in [0.717, 1.165) is 32.1 Å². The van der Waals surface area contributed by atoms with Crippen LogP contribution >= 0.6 is 0 Å². The van der Waals surface area contributed by atoms with Crippen LogP contribution in [0.15, 0.2) is 48.5 Å². The van der Waals surface area contributed by atoms with E-state index in [1.165, 1.54) is 6.07 Å². The van der Waals surface area contributed by atoms with Crippen LogP contribution in [0.5, 0.6) is 5.75 Å². The van der Waals surface area contributed by atoms with E-state index in [4.69, 9.17) is 4.74 Å². The van der Waals surface area contributed by atoms with Gasteiger partial charge in [0.2, 0.25) is 5.91 Å². The van der Waals surface area contributed by atoms with E-state index < -0.39 is 5.82 Å². The molecule has 164 valence electrons. The Hall–Kier alpha value is -2.93. The van der Waals surface area contributed by atoms with Crippen molar-refractivity contribution in [1.82, 2.24) is 10.2 Å². The first-order valence-corrected chi connectivity index (χ1v) is 10.8. The molecule has 4 rings (SSSR count). The monoisotopic (exact) mass is 425 g/mol. The van der Waals surface area contributed by atoms with Gasteiger partial charge in [-0.2, -0.15) is 0 Å². The fraction of sp³-hybridized carbons (Fsp3) is 0.417. The number of nitrogens with one attached hydrogen (secondary N) is 2. The van der Waals surface area contributed by atoms with Gasteiger partial charge in [-0.15, -0.1) is 0 Å². The molecule has 2 aliphatic heterocycles.